The number of nitrogens with zero attached hydrogens (tertiary/aromatic N) is 1. The molecule has 0 bridgehead atoms. The van der Waals surface area contributed by atoms with E-state index in [1.807, 2.05) is 0 Å². The Hall–Kier alpha value is -0.860. The fourth-order valence-electron chi connectivity index (χ4n) is 2.45. The van der Waals surface area contributed by atoms with Gasteiger partial charge in [0.05, 0.1) is 0 Å². The van der Waals surface area contributed by atoms with Crippen LogP contribution in [0.25, 0.3) is 0 Å². The normalized spacial score (nSPS) is 12.3. The van der Waals surface area contributed by atoms with Crippen molar-refractivity contribution < 1.29 is 0 Å². The van der Waals surface area contributed by atoms with Gasteiger partial charge in [0.15, 0.2) is 0 Å². The highest BCUT2D eigenvalue weighted by Crippen LogP contribution is 2.19. The lowest BCUT2D eigenvalue weighted by Crippen LogP contribution is -2.43. The van der Waals surface area contributed by atoms with Gasteiger partial charge in [0.2, 0.25) is 0 Å². The molecule has 0 spiro atoms. The van der Waals surface area contributed by atoms with Gasteiger partial charge in [0, 0.05) is 25.7 Å². The van der Waals surface area contributed by atoms with Crippen LogP contribution in [0.1, 0.15) is 46.6 Å². The zero-order chi connectivity index (χ0) is 15.0. The zero-order valence-corrected chi connectivity index (χ0v) is 13.9. The van der Waals surface area contributed by atoms with E-state index in [1.54, 1.807) is 0 Å². The SMILES string of the molecule is CCCNCC(C)(C)CN(Cc1ccccc1)C(C)C. The summed E-state index contributed by atoms with van der Waals surface area (Å²) in [6, 6.07) is 11.3. The first kappa shape index (κ1) is 17.2. The molecule has 0 radical (unpaired) electrons. The van der Waals surface area contributed by atoms with Gasteiger partial charge in [0.1, 0.15) is 0 Å². The number of benzene rings is 1. The van der Waals surface area contributed by atoms with Crippen molar-refractivity contribution in [3.8, 4) is 0 Å². The van der Waals surface area contributed by atoms with Gasteiger partial charge >= 0.3 is 0 Å². The molecule has 1 aromatic carbocycles. The molecule has 0 aromatic heterocycles. The summed E-state index contributed by atoms with van der Waals surface area (Å²) in [5.74, 6) is 0. The molecule has 114 valence electrons. The first-order valence-corrected chi connectivity index (χ1v) is 7.93. The van der Waals surface area contributed by atoms with Crippen LogP contribution in [0, 0.1) is 5.41 Å². The molecule has 2 heteroatoms. The summed E-state index contributed by atoms with van der Waals surface area (Å²) in [5, 5.41) is 3.56. The lowest BCUT2D eigenvalue weighted by atomic mass is 9.91. The van der Waals surface area contributed by atoms with Crippen molar-refractivity contribution in [2.24, 2.45) is 5.41 Å². The fraction of sp³-hybridized carbons (Fsp3) is 0.667. The second-order valence-electron chi connectivity index (χ2n) is 6.83. The molecule has 0 aliphatic carbocycles. The van der Waals surface area contributed by atoms with Gasteiger partial charge < -0.3 is 5.32 Å². The van der Waals surface area contributed by atoms with Gasteiger partial charge in [-0.3, -0.25) is 4.90 Å². The zero-order valence-electron chi connectivity index (χ0n) is 13.9. The molecule has 1 N–H and O–H groups in total. The minimum atomic E-state index is 0.300. The summed E-state index contributed by atoms with van der Waals surface area (Å²) in [5.41, 5.74) is 1.70. The van der Waals surface area contributed by atoms with Crippen molar-refractivity contribution in [1.82, 2.24) is 10.2 Å². The Labute approximate surface area is 125 Å². The monoisotopic (exact) mass is 276 g/mol. The van der Waals surface area contributed by atoms with Crippen LogP contribution in [0.4, 0.5) is 0 Å². The van der Waals surface area contributed by atoms with E-state index >= 15 is 0 Å². The Morgan fingerprint density at radius 2 is 1.80 bits per heavy atom. The summed E-state index contributed by atoms with van der Waals surface area (Å²) in [6.07, 6.45) is 1.20. The predicted molar refractivity (Wildman–Crippen MR) is 88.9 cm³/mol. The van der Waals surface area contributed by atoms with Crippen molar-refractivity contribution in [2.45, 2.75) is 53.6 Å². The molecule has 0 unspecified atom stereocenters. The highest BCUT2D eigenvalue weighted by molar-refractivity contribution is 5.14. The average molecular weight is 276 g/mol. The van der Waals surface area contributed by atoms with E-state index in [9.17, 15) is 0 Å². The van der Waals surface area contributed by atoms with Crippen molar-refractivity contribution >= 4 is 0 Å². The second-order valence-corrected chi connectivity index (χ2v) is 6.83. The topological polar surface area (TPSA) is 15.3 Å². The Morgan fingerprint density at radius 1 is 1.15 bits per heavy atom. The Morgan fingerprint density at radius 3 is 2.35 bits per heavy atom. The summed E-state index contributed by atoms with van der Waals surface area (Å²) in [4.78, 5) is 2.57. The molecular formula is C18H32N2. The van der Waals surface area contributed by atoms with Gasteiger partial charge in [-0.1, -0.05) is 51.1 Å². The molecule has 1 aromatic rings. The number of rotatable bonds is 9. The van der Waals surface area contributed by atoms with Crippen molar-refractivity contribution in [1.29, 1.82) is 0 Å². The van der Waals surface area contributed by atoms with Crippen LogP contribution in [0.2, 0.25) is 0 Å². The van der Waals surface area contributed by atoms with Gasteiger partial charge in [0.25, 0.3) is 0 Å². The van der Waals surface area contributed by atoms with Gasteiger partial charge in [-0.25, -0.2) is 0 Å². The van der Waals surface area contributed by atoms with Crippen LogP contribution in [0.5, 0.6) is 0 Å². The minimum Gasteiger partial charge on any atom is -0.316 e. The molecule has 20 heavy (non-hydrogen) atoms. The fourth-order valence-corrected chi connectivity index (χ4v) is 2.45. The van der Waals surface area contributed by atoms with Crippen LogP contribution in [-0.4, -0.2) is 30.6 Å². The maximum absolute atomic E-state index is 3.56. The highest BCUT2D eigenvalue weighted by atomic mass is 15.2. The van der Waals surface area contributed by atoms with E-state index in [-0.39, 0.29) is 0 Å². The van der Waals surface area contributed by atoms with Gasteiger partial charge in [-0.05, 0) is 37.8 Å². The minimum absolute atomic E-state index is 0.300. The second kappa shape index (κ2) is 8.43. The lowest BCUT2D eigenvalue weighted by molar-refractivity contribution is 0.135. The quantitative estimate of drug-likeness (QED) is 0.688. The van der Waals surface area contributed by atoms with E-state index in [2.05, 4.69) is 75.2 Å². The molecule has 0 amide bonds. The summed E-state index contributed by atoms with van der Waals surface area (Å²) < 4.78 is 0. The van der Waals surface area contributed by atoms with Crippen LogP contribution in [0.3, 0.4) is 0 Å². The van der Waals surface area contributed by atoms with E-state index in [0.717, 1.165) is 26.2 Å². The Balaban J connectivity index is 2.58. The molecule has 0 saturated heterocycles. The maximum atomic E-state index is 3.56. The largest absolute Gasteiger partial charge is 0.316 e. The van der Waals surface area contributed by atoms with Crippen molar-refractivity contribution in [2.75, 3.05) is 19.6 Å². The van der Waals surface area contributed by atoms with E-state index in [1.165, 1.54) is 12.0 Å². The summed E-state index contributed by atoms with van der Waals surface area (Å²) in [6.45, 7) is 15.9. The summed E-state index contributed by atoms with van der Waals surface area (Å²) >= 11 is 0. The predicted octanol–water partition coefficient (Wildman–Crippen LogP) is 3.92. The third-order valence-electron chi connectivity index (χ3n) is 3.62. The van der Waals surface area contributed by atoms with Gasteiger partial charge in [-0.15, -0.1) is 0 Å². The molecule has 0 aliphatic heterocycles. The van der Waals surface area contributed by atoms with E-state index in [0.29, 0.717) is 11.5 Å². The van der Waals surface area contributed by atoms with Crippen LogP contribution in [-0.2, 0) is 6.54 Å². The molecule has 0 fully saturated rings. The lowest BCUT2D eigenvalue weighted by Gasteiger charge is -2.35. The maximum Gasteiger partial charge on any atom is 0.0236 e. The van der Waals surface area contributed by atoms with Crippen molar-refractivity contribution in [3.05, 3.63) is 35.9 Å². The smallest absolute Gasteiger partial charge is 0.0236 e. The number of hydrogen-bond donors (Lipinski definition) is 1. The highest BCUT2D eigenvalue weighted by Gasteiger charge is 2.23. The number of hydrogen-bond acceptors (Lipinski definition) is 2. The molecule has 0 atom stereocenters. The third kappa shape index (κ3) is 6.53. The van der Waals surface area contributed by atoms with E-state index in [4.69, 9.17) is 0 Å². The third-order valence-corrected chi connectivity index (χ3v) is 3.62. The van der Waals surface area contributed by atoms with Crippen LogP contribution in [0.15, 0.2) is 30.3 Å². The first-order valence-electron chi connectivity index (χ1n) is 7.93. The molecule has 2 nitrogen and oxygen atoms in total. The standard InChI is InChI=1S/C18H32N2/c1-6-12-19-14-18(4,5)15-20(16(2)3)13-17-10-8-7-9-11-17/h7-11,16,19H,6,12-15H2,1-5H3. The van der Waals surface area contributed by atoms with Gasteiger partial charge in [-0.2, -0.15) is 0 Å². The molecule has 0 saturated carbocycles. The Kier molecular flexibility index (Phi) is 7.25. The first-order chi connectivity index (χ1) is 9.44. The molecule has 1 rings (SSSR count). The van der Waals surface area contributed by atoms with Crippen LogP contribution >= 0.6 is 0 Å². The van der Waals surface area contributed by atoms with E-state index < -0.39 is 0 Å². The number of nitrogens with one attached hydrogen (secondary N) is 1. The van der Waals surface area contributed by atoms with Crippen LogP contribution < -0.4 is 5.32 Å². The molecule has 0 heterocycles. The Bertz CT molecular complexity index is 357. The molecular weight excluding hydrogens is 244 g/mol. The average Bonchev–Trinajstić information content (AvgIpc) is 2.39. The van der Waals surface area contributed by atoms with Crippen molar-refractivity contribution in [3.63, 3.8) is 0 Å². The summed E-state index contributed by atoms with van der Waals surface area (Å²) in [7, 11) is 0. The molecule has 0 aliphatic rings.